The summed E-state index contributed by atoms with van der Waals surface area (Å²) in [5.74, 6) is -1.31. The van der Waals surface area contributed by atoms with Gasteiger partial charge in [0.15, 0.2) is 0 Å². The molecule has 1 N–H and O–H groups in total. The molecule has 210 valence electrons. The van der Waals surface area contributed by atoms with Gasteiger partial charge < -0.3 is 4.90 Å². The van der Waals surface area contributed by atoms with E-state index in [0.717, 1.165) is 23.3 Å². The summed E-state index contributed by atoms with van der Waals surface area (Å²) in [4.78, 5) is 27.5. The fourth-order valence-electron chi connectivity index (χ4n) is 4.67. The van der Waals surface area contributed by atoms with Gasteiger partial charge in [-0.25, -0.2) is 21.6 Å². The first-order valence-corrected chi connectivity index (χ1v) is 15.6. The summed E-state index contributed by atoms with van der Waals surface area (Å²) >= 11 is 0. The molecule has 5 rings (SSSR count). The van der Waals surface area contributed by atoms with E-state index in [1.807, 2.05) is 53.3 Å². The van der Waals surface area contributed by atoms with Crippen molar-refractivity contribution in [3.8, 4) is 0 Å². The lowest BCUT2D eigenvalue weighted by molar-refractivity contribution is 0.0762. The van der Waals surface area contributed by atoms with Crippen LogP contribution in [0.5, 0.6) is 0 Å². The number of nitrogens with one attached hydrogen (secondary N) is 1. The second-order valence-electron chi connectivity index (χ2n) is 9.64. The number of sulfonamides is 2. The SMILES string of the molecule is CN(Cc1ccccc1)S(=O)(=O)c1ccc(S(=O)(=O)NC(=O)c2cccc3c2C(=O)N(Cc2ccccc2)C3)cc1. The molecule has 0 saturated heterocycles. The average molecular weight is 590 g/mol. The van der Waals surface area contributed by atoms with Crippen molar-refractivity contribution < 1.29 is 26.4 Å². The van der Waals surface area contributed by atoms with E-state index in [1.165, 1.54) is 29.6 Å². The lowest BCUT2D eigenvalue weighted by Crippen LogP contribution is -2.32. The lowest BCUT2D eigenvalue weighted by atomic mass is 10.0. The van der Waals surface area contributed by atoms with E-state index in [1.54, 1.807) is 29.2 Å². The van der Waals surface area contributed by atoms with Gasteiger partial charge in [0, 0.05) is 26.7 Å². The molecule has 1 heterocycles. The fourth-order valence-corrected chi connectivity index (χ4v) is 6.80. The molecule has 9 nitrogen and oxygen atoms in total. The maximum Gasteiger partial charge on any atom is 0.265 e. The second kappa shape index (κ2) is 11.3. The van der Waals surface area contributed by atoms with E-state index in [2.05, 4.69) is 0 Å². The first kappa shape index (κ1) is 28.2. The van der Waals surface area contributed by atoms with Crippen LogP contribution in [0.1, 0.15) is 37.4 Å². The predicted molar refractivity (Wildman–Crippen MR) is 153 cm³/mol. The quantitative estimate of drug-likeness (QED) is 0.317. The van der Waals surface area contributed by atoms with Crippen molar-refractivity contribution in [2.45, 2.75) is 29.4 Å². The third-order valence-electron chi connectivity index (χ3n) is 6.79. The number of hydrogen-bond acceptors (Lipinski definition) is 6. The number of amides is 2. The molecule has 0 aromatic heterocycles. The van der Waals surface area contributed by atoms with Crippen LogP contribution in [0.25, 0.3) is 0 Å². The summed E-state index contributed by atoms with van der Waals surface area (Å²) in [6, 6.07) is 27.8. The van der Waals surface area contributed by atoms with Gasteiger partial charge in [-0.3, -0.25) is 9.59 Å². The van der Waals surface area contributed by atoms with Gasteiger partial charge in [-0.15, -0.1) is 0 Å². The zero-order chi connectivity index (χ0) is 29.2. The molecule has 0 unspecified atom stereocenters. The minimum Gasteiger partial charge on any atom is -0.330 e. The Labute approximate surface area is 239 Å². The van der Waals surface area contributed by atoms with Gasteiger partial charge in [-0.05, 0) is 47.0 Å². The van der Waals surface area contributed by atoms with Crippen molar-refractivity contribution in [1.82, 2.24) is 13.9 Å². The normalized spacial score (nSPS) is 13.3. The zero-order valence-electron chi connectivity index (χ0n) is 22.1. The summed E-state index contributed by atoms with van der Waals surface area (Å²) in [5.41, 5.74) is 2.48. The molecule has 0 aliphatic carbocycles. The zero-order valence-corrected chi connectivity index (χ0v) is 23.7. The molecule has 0 saturated carbocycles. The van der Waals surface area contributed by atoms with Crippen LogP contribution >= 0.6 is 0 Å². The average Bonchev–Trinajstić information content (AvgIpc) is 3.28. The standard InChI is InChI=1S/C30H27N3O6S2/c1-32(19-22-9-4-2-5-10-22)41(38,39)26-17-15-25(16-18-26)40(36,37)31-29(34)27-14-8-13-24-21-33(30(35)28(24)27)20-23-11-6-3-7-12-23/h2-18H,19-21H2,1H3,(H,31,34). The number of hydrogen-bond donors (Lipinski definition) is 1. The number of nitrogens with zero attached hydrogens (tertiary/aromatic N) is 2. The summed E-state index contributed by atoms with van der Waals surface area (Å²) < 4.78 is 55.3. The van der Waals surface area contributed by atoms with Gasteiger partial charge in [0.2, 0.25) is 10.0 Å². The molecule has 1 aliphatic heterocycles. The second-order valence-corrected chi connectivity index (χ2v) is 13.4. The highest BCUT2D eigenvalue weighted by Crippen LogP contribution is 2.28. The molecule has 0 fully saturated rings. The largest absolute Gasteiger partial charge is 0.330 e. The Bertz CT molecular complexity index is 1810. The Morgan fingerprint density at radius 3 is 2.00 bits per heavy atom. The molecule has 0 bridgehead atoms. The van der Waals surface area contributed by atoms with E-state index in [4.69, 9.17) is 0 Å². The summed E-state index contributed by atoms with van der Waals surface area (Å²) in [7, 11) is -6.83. The first-order valence-electron chi connectivity index (χ1n) is 12.7. The highest BCUT2D eigenvalue weighted by atomic mass is 32.2. The van der Waals surface area contributed by atoms with Crippen LogP contribution in [-0.4, -0.2) is 44.9 Å². The maximum absolute atomic E-state index is 13.2. The van der Waals surface area contributed by atoms with E-state index >= 15 is 0 Å². The van der Waals surface area contributed by atoms with Crippen LogP contribution in [0.4, 0.5) is 0 Å². The summed E-state index contributed by atoms with van der Waals surface area (Å²) in [6.07, 6.45) is 0. The Hall–Kier alpha value is -4.32. The molecule has 4 aromatic carbocycles. The number of carbonyl (C=O) groups is 2. The summed E-state index contributed by atoms with van der Waals surface area (Å²) in [6.45, 7) is 0.789. The maximum atomic E-state index is 13.2. The molecule has 0 spiro atoms. The monoisotopic (exact) mass is 589 g/mol. The molecule has 41 heavy (non-hydrogen) atoms. The van der Waals surface area contributed by atoms with E-state index in [0.29, 0.717) is 18.7 Å². The van der Waals surface area contributed by atoms with Crippen molar-refractivity contribution in [2.75, 3.05) is 7.05 Å². The van der Waals surface area contributed by atoms with Crippen molar-refractivity contribution >= 4 is 31.9 Å². The van der Waals surface area contributed by atoms with Crippen LogP contribution in [0.2, 0.25) is 0 Å². The minimum atomic E-state index is -4.37. The molecule has 2 amide bonds. The molecular formula is C30H27N3O6S2. The number of rotatable bonds is 9. The molecule has 4 aromatic rings. The van der Waals surface area contributed by atoms with Gasteiger partial charge in [-0.1, -0.05) is 72.8 Å². The van der Waals surface area contributed by atoms with Gasteiger partial charge in [0.05, 0.1) is 20.9 Å². The van der Waals surface area contributed by atoms with E-state index in [-0.39, 0.29) is 33.4 Å². The van der Waals surface area contributed by atoms with Crippen LogP contribution < -0.4 is 4.72 Å². The van der Waals surface area contributed by atoms with Gasteiger partial charge >= 0.3 is 0 Å². The van der Waals surface area contributed by atoms with Crippen LogP contribution in [0.15, 0.2) is 113 Å². The van der Waals surface area contributed by atoms with E-state index in [9.17, 15) is 26.4 Å². The number of fused-ring (bicyclic) bond motifs is 1. The number of benzene rings is 4. The third-order valence-corrected chi connectivity index (χ3v) is 9.96. The predicted octanol–water partition coefficient (Wildman–Crippen LogP) is 3.78. The highest BCUT2D eigenvalue weighted by molar-refractivity contribution is 7.90. The molecule has 1 aliphatic rings. The van der Waals surface area contributed by atoms with Crippen molar-refractivity contribution in [3.05, 3.63) is 131 Å². The van der Waals surface area contributed by atoms with Crippen LogP contribution in [0, 0.1) is 0 Å². The summed E-state index contributed by atoms with van der Waals surface area (Å²) in [5, 5.41) is 0. The van der Waals surface area contributed by atoms with Crippen LogP contribution in [-0.2, 0) is 39.7 Å². The third kappa shape index (κ3) is 5.92. The van der Waals surface area contributed by atoms with E-state index < -0.39 is 26.0 Å². The highest BCUT2D eigenvalue weighted by Gasteiger charge is 2.33. The topological polar surface area (TPSA) is 121 Å². The smallest absolute Gasteiger partial charge is 0.265 e. The first-order chi connectivity index (χ1) is 19.6. The van der Waals surface area contributed by atoms with Gasteiger partial charge in [0.1, 0.15) is 0 Å². The Morgan fingerprint density at radius 2 is 1.37 bits per heavy atom. The minimum absolute atomic E-state index is 0.0478. The van der Waals surface area contributed by atoms with Crippen molar-refractivity contribution in [2.24, 2.45) is 0 Å². The fraction of sp³-hybridized carbons (Fsp3) is 0.133. The van der Waals surface area contributed by atoms with Gasteiger partial charge in [-0.2, -0.15) is 4.31 Å². The van der Waals surface area contributed by atoms with Crippen molar-refractivity contribution in [1.29, 1.82) is 0 Å². The Kier molecular flexibility index (Phi) is 7.76. The molecular weight excluding hydrogens is 562 g/mol. The van der Waals surface area contributed by atoms with Gasteiger partial charge in [0.25, 0.3) is 21.8 Å². The van der Waals surface area contributed by atoms with Crippen LogP contribution in [0.3, 0.4) is 0 Å². The lowest BCUT2D eigenvalue weighted by Gasteiger charge is -2.17. The number of carbonyl (C=O) groups excluding carboxylic acids is 2. The molecule has 0 atom stereocenters. The Morgan fingerprint density at radius 1 is 0.780 bits per heavy atom. The van der Waals surface area contributed by atoms with Crippen molar-refractivity contribution in [3.63, 3.8) is 0 Å². The Balaban J connectivity index is 1.31. The molecule has 11 heteroatoms. The molecule has 0 radical (unpaired) electrons.